The molecule has 1 aliphatic heterocycles. The maximum absolute atomic E-state index is 12.5. The van der Waals surface area contributed by atoms with Gasteiger partial charge in [-0.15, -0.1) is 0 Å². The molecule has 0 bridgehead atoms. The molecule has 0 atom stereocenters. The fourth-order valence-corrected chi connectivity index (χ4v) is 3.56. The van der Waals surface area contributed by atoms with Crippen LogP contribution in [0.2, 0.25) is 5.02 Å². The van der Waals surface area contributed by atoms with Crippen molar-refractivity contribution in [1.82, 2.24) is 9.88 Å². The molecule has 0 radical (unpaired) electrons. The highest BCUT2D eigenvalue weighted by molar-refractivity contribution is 6.33. The number of aromatic nitrogens is 1. The number of carbonyl (C=O) groups is 1. The lowest BCUT2D eigenvalue weighted by Gasteiger charge is -2.36. The molecule has 1 fully saturated rings. The summed E-state index contributed by atoms with van der Waals surface area (Å²) >= 11 is 6.27. The lowest BCUT2D eigenvalue weighted by Crippen LogP contribution is -2.48. The van der Waals surface area contributed by atoms with E-state index in [0.29, 0.717) is 31.8 Å². The van der Waals surface area contributed by atoms with Gasteiger partial charge in [-0.05, 0) is 24.3 Å². The molecule has 2 aromatic carbocycles. The highest BCUT2D eigenvalue weighted by Gasteiger charge is 2.22. The van der Waals surface area contributed by atoms with Gasteiger partial charge >= 0.3 is 0 Å². The summed E-state index contributed by atoms with van der Waals surface area (Å²) in [6.45, 7) is 2.99. The van der Waals surface area contributed by atoms with Gasteiger partial charge in [-0.2, -0.15) is 0 Å². The summed E-state index contributed by atoms with van der Waals surface area (Å²) in [5.74, 6) is 0.764. The number of hydrogen-bond acceptors (Lipinski definition) is 4. The Morgan fingerprint density at radius 2 is 1.77 bits per heavy atom. The topological polar surface area (TPSA) is 49.6 Å². The molecule has 1 aliphatic rings. The molecule has 2 heterocycles. The highest BCUT2D eigenvalue weighted by Crippen LogP contribution is 2.26. The Hall–Kier alpha value is -2.53. The Morgan fingerprint density at radius 1 is 1.04 bits per heavy atom. The molecule has 0 spiro atoms. The molecule has 1 aromatic heterocycles. The van der Waals surface area contributed by atoms with E-state index in [4.69, 9.17) is 16.0 Å². The molecule has 4 rings (SSSR count). The van der Waals surface area contributed by atoms with Gasteiger partial charge in [0.1, 0.15) is 5.52 Å². The number of carbonyl (C=O) groups excluding carboxylic acids is 1. The fourth-order valence-electron chi connectivity index (χ4n) is 3.30. The number of nitrogens with zero attached hydrogens (tertiary/aromatic N) is 3. The number of halogens is 1. The maximum atomic E-state index is 12.5. The molecule has 0 saturated carbocycles. The Balaban J connectivity index is 1.31. The lowest BCUT2D eigenvalue weighted by atomic mass is 10.2. The molecule has 1 amide bonds. The van der Waals surface area contributed by atoms with Crippen LogP contribution in [0.25, 0.3) is 11.1 Å². The summed E-state index contributed by atoms with van der Waals surface area (Å²) in [5.41, 5.74) is 2.64. The summed E-state index contributed by atoms with van der Waals surface area (Å²) in [4.78, 5) is 21.1. The third-order valence-electron chi connectivity index (χ3n) is 4.72. The molecule has 3 aromatic rings. The molecule has 0 N–H and O–H groups in total. The average Bonchev–Trinajstić information content (AvgIpc) is 3.10. The number of aryl methyl sites for hydroxylation is 1. The van der Waals surface area contributed by atoms with Crippen molar-refractivity contribution in [3.8, 4) is 0 Å². The number of benzene rings is 2. The van der Waals surface area contributed by atoms with Gasteiger partial charge in [0.2, 0.25) is 5.91 Å². The Bertz CT molecular complexity index is 883. The van der Waals surface area contributed by atoms with E-state index in [-0.39, 0.29) is 5.91 Å². The van der Waals surface area contributed by atoms with Crippen LogP contribution in [0.1, 0.15) is 12.3 Å². The molecule has 26 heavy (non-hydrogen) atoms. The highest BCUT2D eigenvalue weighted by atomic mass is 35.5. The number of rotatable bonds is 4. The van der Waals surface area contributed by atoms with Crippen LogP contribution in [-0.4, -0.2) is 42.0 Å². The molecule has 0 aliphatic carbocycles. The van der Waals surface area contributed by atoms with E-state index in [1.54, 1.807) is 0 Å². The monoisotopic (exact) mass is 369 g/mol. The van der Waals surface area contributed by atoms with Crippen molar-refractivity contribution in [1.29, 1.82) is 0 Å². The summed E-state index contributed by atoms with van der Waals surface area (Å²) in [6.07, 6.45) is 0.942. The maximum Gasteiger partial charge on any atom is 0.223 e. The van der Waals surface area contributed by atoms with Gasteiger partial charge in [0.05, 0.1) is 10.7 Å². The third kappa shape index (κ3) is 3.53. The zero-order chi connectivity index (χ0) is 17.9. The van der Waals surface area contributed by atoms with E-state index in [1.807, 2.05) is 53.4 Å². The zero-order valence-electron chi connectivity index (χ0n) is 14.4. The first-order valence-electron chi connectivity index (χ1n) is 8.82. The van der Waals surface area contributed by atoms with Crippen LogP contribution >= 0.6 is 11.6 Å². The van der Waals surface area contributed by atoms with E-state index in [0.717, 1.165) is 34.9 Å². The second kappa shape index (κ2) is 7.38. The predicted octanol–water partition coefficient (Wildman–Crippen LogP) is 3.76. The summed E-state index contributed by atoms with van der Waals surface area (Å²) in [7, 11) is 0. The van der Waals surface area contributed by atoms with Crippen LogP contribution in [0.3, 0.4) is 0 Å². The molecule has 0 unspecified atom stereocenters. The van der Waals surface area contributed by atoms with E-state index >= 15 is 0 Å². The van der Waals surface area contributed by atoms with Crippen molar-refractivity contribution in [2.45, 2.75) is 12.8 Å². The van der Waals surface area contributed by atoms with Crippen molar-refractivity contribution in [2.24, 2.45) is 0 Å². The van der Waals surface area contributed by atoms with Gasteiger partial charge < -0.3 is 14.2 Å². The quantitative estimate of drug-likeness (QED) is 0.702. The number of fused-ring (bicyclic) bond motifs is 1. The first kappa shape index (κ1) is 16.9. The van der Waals surface area contributed by atoms with E-state index in [2.05, 4.69) is 9.88 Å². The molecular formula is C20H20ClN3O2. The van der Waals surface area contributed by atoms with Gasteiger partial charge in [-0.1, -0.05) is 35.9 Å². The molecule has 1 saturated heterocycles. The fraction of sp³-hybridized carbons (Fsp3) is 0.300. The minimum atomic E-state index is 0.145. The normalized spacial score (nSPS) is 14.8. The van der Waals surface area contributed by atoms with Crippen LogP contribution in [0.15, 0.2) is 52.9 Å². The van der Waals surface area contributed by atoms with Crippen molar-refractivity contribution in [3.05, 3.63) is 59.4 Å². The van der Waals surface area contributed by atoms with Crippen molar-refractivity contribution < 1.29 is 9.21 Å². The largest absolute Gasteiger partial charge is 0.441 e. The number of para-hydroxylation sites is 3. The van der Waals surface area contributed by atoms with Gasteiger partial charge in [-0.3, -0.25) is 4.79 Å². The number of amides is 1. The minimum Gasteiger partial charge on any atom is -0.441 e. The Labute approximate surface area is 157 Å². The first-order valence-corrected chi connectivity index (χ1v) is 9.20. The van der Waals surface area contributed by atoms with Crippen molar-refractivity contribution in [3.63, 3.8) is 0 Å². The van der Waals surface area contributed by atoms with Gasteiger partial charge in [-0.25, -0.2) is 4.98 Å². The molecule has 134 valence electrons. The molecule has 6 heteroatoms. The standard InChI is InChI=1S/C20H20ClN3O2/c21-15-5-1-3-7-17(15)23-11-13-24(14-12-23)20(25)10-9-19-22-16-6-2-4-8-18(16)26-19/h1-8H,9-14H2. The summed E-state index contributed by atoms with van der Waals surface area (Å²) < 4.78 is 5.69. The average molecular weight is 370 g/mol. The van der Waals surface area contributed by atoms with E-state index < -0.39 is 0 Å². The van der Waals surface area contributed by atoms with Crippen LogP contribution < -0.4 is 4.90 Å². The predicted molar refractivity (Wildman–Crippen MR) is 103 cm³/mol. The number of piperazine rings is 1. The van der Waals surface area contributed by atoms with E-state index in [9.17, 15) is 4.79 Å². The van der Waals surface area contributed by atoms with Gasteiger partial charge in [0.15, 0.2) is 11.5 Å². The first-order chi connectivity index (χ1) is 12.7. The SMILES string of the molecule is O=C(CCc1nc2ccccc2o1)N1CCN(c2ccccc2Cl)CC1. The van der Waals surface area contributed by atoms with Crippen LogP contribution in [0.4, 0.5) is 5.69 Å². The molecular weight excluding hydrogens is 350 g/mol. The van der Waals surface area contributed by atoms with Gasteiger partial charge in [0, 0.05) is 39.0 Å². The van der Waals surface area contributed by atoms with Gasteiger partial charge in [0.25, 0.3) is 0 Å². The summed E-state index contributed by atoms with van der Waals surface area (Å²) in [6, 6.07) is 15.5. The van der Waals surface area contributed by atoms with Crippen LogP contribution in [-0.2, 0) is 11.2 Å². The lowest BCUT2D eigenvalue weighted by molar-refractivity contribution is -0.131. The van der Waals surface area contributed by atoms with Crippen molar-refractivity contribution >= 4 is 34.3 Å². The van der Waals surface area contributed by atoms with Crippen LogP contribution in [0.5, 0.6) is 0 Å². The van der Waals surface area contributed by atoms with Crippen molar-refractivity contribution in [2.75, 3.05) is 31.1 Å². The number of oxazole rings is 1. The minimum absolute atomic E-state index is 0.145. The number of hydrogen-bond donors (Lipinski definition) is 0. The summed E-state index contributed by atoms with van der Waals surface area (Å²) in [5, 5.41) is 0.753. The molecule has 5 nitrogen and oxygen atoms in total. The van der Waals surface area contributed by atoms with Crippen LogP contribution in [0, 0.1) is 0 Å². The van der Waals surface area contributed by atoms with E-state index in [1.165, 1.54) is 0 Å². The Kier molecular flexibility index (Phi) is 4.80. The second-order valence-electron chi connectivity index (χ2n) is 6.39. The zero-order valence-corrected chi connectivity index (χ0v) is 15.2. The Morgan fingerprint density at radius 3 is 2.54 bits per heavy atom. The smallest absolute Gasteiger partial charge is 0.223 e. The third-order valence-corrected chi connectivity index (χ3v) is 5.04. The number of anilines is 1. The second-order valence-corrected chi connectivity index (χ2v) is 6.80.